The molecule has 1 atom stereocenters. The van der Waals surface area contributed by atoms with Crippen LogP contribution < -0.4 is 5.73 Å². The summed E-state index contributed by atoms with van der Waals surface area (Å²) >= 11 is 0. The van der Waals surface area contributed by atoms with Crippen molar-refractivity contribution in [2.45, 2.75) is 13.3 Å². The molecule has 1 unspecified atom stereocenters. The number of halogens is 2. The second-order valence-corrected chi connectivity index (χ2v) is 3.80. The van der Waals surface area contributed by atoms with Crippen LogP contribution >= 0.6 is 0 Å². The highest BCUT2D eigenvalue weighted by Gasteiger charge is 2.19. The van der Waals surface area contributed by atoms with E-state index >= 15 is 0 Å². The molecule has 0 radical (unpaired) electrons. The Balaban J connectivity index is 2.39. The van der Waals surface area contributed by atoms with Gasteiger partial charge in [-0.05, 0) is 12.1 Å². The van der Waals surface area contributed by atoms with Crippen LogP contribution in [-0.4, -0.2) is 11.5 Å². The van der Waals surface area contributed by atoms with E-state index in [1.807, 2.05) is 6.92 Å². The van der Waals surface area contributed by atoms with E-state index in [-0.39, 0.29) is 11.5 Å². The lowest BCUT2D eigenvalue weighted by Gasteiger charge is -2.16. The van der Waals surface area contributed by atoms with Gasteiger partial charge in [0.1, 0.15) is 17.5 Å². The van der Waals surface area contributed by atoms with Gasteiger partial charge in [-0.1, -0.05) is 6.92 Å². The molecule has 1 aromatic rings. The van der Waals surface area contributed by atoms with Crippen LogP contribution in [0.4, 0.5) is 8.78 Å². The van der Waals surface area contributed by atoms with Gasteiger partial charge in [0, 0.05) is 24.0 Å². The Morgan fingerprint density at radius 1 is 1.31 bits per heavy atom. The van der Waals surface area contributed by atoms with Crippen molar-refractivity contribution in [2.75, 3.05) is 0 Å². The summed E-state index contributed by atoms with van der Waals surface area (Å²) in [6.45, 7) is 1.88. The Bertz CT molecular complexity index is 480. The van der Waals surface area contributed by atoms with Gasteiger partial charge < -0.3 is 5.73 Å². The van der Waals surface area contributed by atoms with Crippen molar-refractivity contribution in [3.8, 4) is 0 Å². The van der Waals surface area contributed by atoms with Gasteiger partial charge in [0.15, 0.2) is 0 Å². The minimum Gasteiger partial charge on any atom is -0.385 e. The van der Waals surface area contributed by atoms with Crippen molar-refractivity contribution in [2.24, 2.45) is 21.9 Å². The molecule has 1 aliphatic heterocycles. The Labute approximate surface area is 91.7 Å². The molecule has 0 aromatic heterocycles. The Morgan fingerprint density at radius 3 is 2.69 bits per heavy atom. The maximum absolute atomic E-state index is 13.5. The van der Waals surface area contributed by atoms with Crippen LogP contribution in [0.1, 0.15) is 18.9 Å². The smallest absolute Gasteiger partial charge is 0.135 e. The lowest BCUT2D eigenvalue weighted by Crippen LogP contribution is -2.27. The van der Waals surface area contributed by atoms with Crippen LogP contribution in [-0.2, 0) is 0 Å². The van der Waals surface area contributed by atoms with E-state index in [1.165, 1.54) is 12.1 Å². The molecular weight excluding hydrogens is 212 g/mol. The number of amidine groups is 1. The summed E-state index contributed by atoms with van der Waals surface area (Å²) in [6, 6.07) is 3.41. The minimum absolute atomic E-state index is 0.0250. The predicted molar refractivity (Wildman–Crippen MR) is 58.3 cm³/mol. The third-order valence-corrected chi connectivity index (χ3v) is 2.53. The molecule has 0 saturated carbocycles. The van der Waals surface area contributed by atoms with E-state index in [0.717, 1.165) is 6.07 Å². The highest BCUT2D eigenvalue weighted by molar-refractivity contribution is 6.04. The SMILES string of the molecule is CC1CC(c2ccc(F)cc2F)=NN=C1N. The number of hydrogen-bond acceptors (Lipinski definition) is 3. The van der Waals surface area contributed by atoms with Gasteiger partial charge in [-0.3, -0.25) is 0 Å². The lowest BCUT2D eigenvalue weighted by molar-refractivity contribution is 0.580. The molecule has 2 N–H and O–H groups in total. The first-order valence-electron chi connectivity index (χ1n) is 4.93. The Hall–Kier alpha value is -1.78. The average molecular weight is 223 g/mol. The van der Waals surface area contributed by atoms with Gasteiger partial charge in [-0.25, -0.2) is 8.78 Å². The average Bonchev–Trinajstić information content (AvgIpc) is 2.22. The first-order chi connectivity index (χ1) is 7.58. The van der Waals surface area contributed by atoms with Crippen LogP contribution in [0.3, 0.4) is 0 Å². The summed E-state index contributed by atoms with van der Waals surface area (Å²) in [6.07, 6.45) is 0.512. The number of benzene rings is 1. The van der Waals surface area contributed by atoms with Crippen LogP contribution in [0.25, 0.3) is 0 Å². The molecule has 0 aliphatic carbocycles. The third-order valence-electron chi connectivity index (χ3n) is 2.53. The fraction of sp³-hybridized carbons (Fsp3) is 0.273. The largest absolute Gasteiger partial charge is 0.385 e. The first-order valence-corrected chi connectivity index (χ1v) is 4.93. The molecule has 5 heteroatoms. The molecule has 1 aliphatic rings. The van der Waals surface area contributed by atoms with Crippen molar-refractivity contribution in [1.29, 1.82) is 0 Å². The van der Waals surface area contributed by atoms with E-state index in [4.69, 9.17) is 5.73 Å². The van der Waals surface area contributed by atoms with E-state index in [2.05, 4.69) is 10.2 Å². The zero-order valence-electron chi connectivity index (χ0n) is 8.74. The molecule has 0 saturated heterocycles. The summed E-state index contributed by atoms with van der Waals surface area (Å²) < 4.78 is 26.2. The summed E-state index contributed by atoms with van der Waals surface area (Å²) in [5.74, 6) is -0.765. The van der Waals surface area contributed by atoms with Crippen molar-refractivity contribution < 1.29 is 8.78 Å². The molecule has 0 fully saturated rings. The standard InChI is InChI=1S/C11H11F2N3/c1-6-4-10(15-16-11(6)14)8-3-2-7(12)5-9(8)13/h2-3,5-6H,4H2,1H3,(H2,14,16). The minimum atomic E-state index is -0.623. The quantitative estimate of drug-likeness (QED) is 0.778. The van der Waals surface area contributed by atoms with Crippen LogP contribution in [0.15, 0.2) is 28.4 Å². The zero-order chi connectivity index (χ0) is 11.7. The number of rotatable bonds is 1. The summed E-state index contributed by atoms with van der Waals surface area (Å²) in [4.78, 5) is 0. The van der Waals surface area contributed by atoms with Gasteiger partial charge in [0.2, 0.25) is 0 Å². The normalized spacial score (nSPS) is 20.3. The molecule has 0 spiro atoms. The molecule has 2 rings (SSSR count). The van der Waals surface area contributed by atoms with Crippen LogP contribution in [0, 0.1) is 17.6 Å². The van der Waals surface area contributed by atoms with Crippen LogP contribution in [0.5, 0.6) is 0 Å². The molecule has 1 aromatic carbocycles. The number of nitrogens with zero attached hydrogens (tertiary/aromatic N) is 2. The number of nitrogens with two attached hydrogens (primary N) is 1. The van der Waals surface area contributed by atoms with Crippen molar-refractivity contribution in [1.82, 2.24) is 0 Å². The molecule has 3 nitrogen and oxygen atoms in total. The molecule has 0 amide bonds. The maximum Gasteiger partial charge on any atom is 0.135 e. The summed E-state index contributed by atoms with van der Waals surface area (Å²) in [5, 5.41) is 7.59. The van der Waals surface area contributed by atoms with Crippen LogP contribution in [0.2, 0.25) is 0 Å². The second-order valence-electron chi connectivity index (χ2n) is 3.80. The Kier molecular flexibility index (Phi) is 2.68. The van der Waals surface area contributed by atoms with Gasteiger partial charge in [0.25, 0.3) is 0 Å². The van der Waals surface area contributed by atoms with Crippen molar-refractivity contribution in [3.63, 3.8) is 0 Å². The van der Waals surface area contributed by atoms with E-state index in [0.29, 0.717) is 18.0 Å². The van der Waals surface area contributed by atoms with Gasteiger partial charge >= 0.3 is 0 Å². The first kappa shape index (κ1) is 10.7. The van der Waals surface area contributed by atoms with Gasteiger partial charge in [0.05, 0.1) is 5.71 Å². The predicted octanol–water partition coefficient (Wildman–Crippen LogP) is 2.07. The van der Waals surface area contributed by atoms with Gasteiger partial charge in [-0.15, -0.1) is 5.10 Å². The molecule has 16 heavy (non-hydrogen) atoms. The van der Waals surface area contributed by atoms with E-state index in [9.17, 15) is 8.78 Å². The molecule has 1 heterocycles. The summed E-state index contributed by atoms with van der Waals surface area (Å²) in [5.41, 5.74) is 6.35. The van der Waals surface area contributed by atoms with Crippen molar-refractivity contribution >= 4 is 11.5 Å². The van der Waals surface area contributed by atoms with Gasteiger partial charge in [-0.2, -0.15) is 5.10 Å². The zero-order valence-corrected chi connectivity index (χ0v) is 8.74. The second kappa shape index (κ2) is 4.00. The topological polar surface area (TPSA) is 50.7 Å². The molecule has 0 bridgehead atoms. The van der Waals surface area contributed by atoms with E-state index < -0.39 is 11.6 Å². The van der Waals surface area contributed by atoms with Crippen molar-refractivity contribution in [3.05, 3.63) is 35.4 Å². The molecular formula is C11H11F2N3. The summed E-state index contributed by atoms with van der Waals surface area (Å²) in [7, 11) is 0. The fourth-order valence-corrected chi connectivity index (χ4v) is 1.54. The maximum atomic E-state index is 13.5. The lowest BCUT2D eigenvalue weighted by atomic mass is 9.97. The Morgan fingerprint density at radius 2 is 2.06 bits per heavy atom. The number of hydrogen-bond donors (Lipinski definition) is 1. The highest BCUT2D eigenvalue weighted by atomic mass is 19.1. The third kappa shape index (κ3) is 1.93. The fourth-order valence-electron chi connectivity index (χ4n) is 1.54. The molecule has 84 valence electrons. The highest BCUT2D eigenvalue weighted by Crippen LogP contribution is 2.18. The van der Waals surface area contributed by atoms with E-state index in [1.54, 1.807) is 0 Å². The monoisotopic (exact) mass is 223 g/mol.